The van der Waals surface area contributed by atoms with Gasteiger partial charge in [-0.25, -0.2) is 4.98 Å². The molecule has 0 unspecified atom stereocenters. The fourth-order valence-corrected chi connectivity index (χ4v) is 4.93. The number of nitrogens with one attached hydrogen (secondary N) is 2. The Hall–Kier alpha value is -2.75. The van der Waals surface area contributed by atoms with Crippen LogP contribution in [0.1, 0.15) is 15.4 Å². The second-order valence-corrected chi connectivity index (χ2v) is 8.34. The quantitative estimate of drug-likeness (QED) is 0.448. The number of thiophene rings is 1. The van der Waals surface area contributed by atoms with Crippen molar-refractivity contribution in [2.24, 2.45) is 7.05 Å². The van der Waals surface area contributed by atoms with E-state index in [1.54, 1.807) is 4.68 Å². The van der Waals surface area contributed by atoms with E-state index in [1.807, 2.05) is 50.5 Å². The number of rotatable bonds is 6. The maximum atomic E-state index is 12.6. The van der Waals surface area contributed by atoms with E-state index >= 15 is 0 Å². The number of hydrogen-bond acceptors (Lipinski definition) is 7. The highest BCUT2D eigenvalue weighted by atomic mass is 32.1. The van der Waals surface area contributed by atoms with Gasteiger partial charge in [-0.05, 0) is 30.7 Å². The normalized spacial score (nSPS) is 11.1. The summed E-state index contributed by atoms with van der Waals surface area (Å²) in [7, 11) is 1.90. The maximum Gasteiger partial charge on any atom is 0.265 e. The molecule has 144 valence electrons. The lowest BCUT2D eigenvalue weighted by Crippen LogP contribution is -2.09. The number of aliphatic hydroxyl groups excluding tert-OH is 1. The van der Waals surface area contributed by atoms with Crippen molar-refractivity contribution in [2.45, 2.75) is 6.92 Å². The number of anilines is 2. The molecule has 0 spiro atoms. The predicted octanol–water partition coefficient (Wildman–Crippen LogP) is 3.72. The van der Waals surface area contributed by atoms with Gasteiger partial charge in [0.15, 0.2) is 5.13 Å². The van der Waals surface area contributed by atoms with Gasteiger partial charge in [0.1, 0.15) is 4.83 Å². The first-order chi connectivity index (χ1) is 13.5. The standard InChI is InChI=1S/C19H19N5O2S2/c1-11-14(10-24(2)23-11)12-3-5-13(6-4-12)21-17(26)15-9-16-18(27-15)22-19(28-16)20-7-8-25/h3-6,9-10,25H,7-8H2,1-2H3,(H,20,22)(H,21,26). The second kappa shape index (κ2) is 7.70. The van der Waals surface area contributed by atoms with Crippen molar-refractivity contribution in [3.63, 3.8) is 0 Å². The predicted molar refractivity (Wildman–Crippen MR) is 114 cm³/mol. The zero-order valence-corrected chi connectivity index (χ0v) is 17.0. The van der Waals surface area contributed by atoms with Gasteiger partial charge in [-0.2, -0.15) is 5.10 Å². The molecule has 0 atom stereocenters. The maximum absolute atomic E-state index is 12.6. The molecule has 0 fully saturated rings. The van der Waals surface area contributed by atoms with Gasteiger partial charge in [0.2, 0.25) is 0 Å². The molecule has 9 heteroatoms. The van der Waals surface area contributed by atoms with Crippen LogP contribution < -0.4 is 10.6 Å². The summed E-state index contributed by atoms with van der Waals surface area (Å²) in [6, 6.07) is 9.60. The molecule has 0 saturated carbocycles. The molecule has 4 aromatic rings. The molecular weight excluding hydrogens is 394 g/mol. The number of amides is 1. The molecule has 3 heterocycles. The highest BCUT2D eigenvalue weighted by Crippen LogP contribution is 2.33. The summed E-state index contributed by atoms with van der Waals surface area (Å²) < 4.78 is 2.75. The molecule has 3 N–H and O–H groups in total. The molecule has 0 aliphatic heterocycles. The minimum atomic E-state index is -0.148. The Kier molecular flexibility index (Phi) is 5.12. The molecule has 4 rings (SSSR count). The highest BCUT2D eigenvalue weighted by molar-refractivity contribution is 7.29. The third kappa shape index (κ3) is 3.77. The molecule has 0 aliphatic rings. The topological polar surface area (TPSA) is 92.1 Å². The number of carbonyl (C=O) groups excluding carboxylic acids is 1. The van der Waals surface area contributed by atoms with Gasteiger partial charge in [0.25, 0.3) is 5.91 Å². The molecular formula is C19H19N5O2S2. The Morgan fingerprint density at radius 3 is 2.68 bits per heavy atom. The summed E-state index contributed by atoms with van der Waals surface area (Å²) in [6.07, 6.45) is 1.98. The third-order valence-corrected chi connectivity index (χ3v) is 6.29. The van der Waals surface area contributed by atoms with Gasteiger partial charge >= 0.3 is 0 Å². The average Bonchev–Trinajstić information content (AvgIpc) is 3.33. The van der Waals surface area contributed by atoms with Crippen LogP contribution in [0.3, 0.4) is 0 Å². The number of carbonyl (C=O) groups is 1. The average molecular weight is 414 g/mol. The number of benzene rings is 1. The Balaban J connectivity index is 1.46. The minimum absolute atomic E-state index is 0.0556. The largest absolute Gasteiger partial charge is 0.395 e. The van der Waals surface area contributed by atoms with E-state index in [9.17, 15) is 4.79 Å². The number of fused-ring (bicyclic) bond motifs is 1. The van der Waals surface area contributed by atoms with E-state index < -0.39 is 0 Å². The lowest BCUT2D eigenvalue weighted by Gasteiger charge is -2.05. The van der Waals surface area contributed by atoms with Crippen molar-refractivity contribution in [3.8, 4) is 11.1 Å². The summed E-state index contributed by atoms with van der Waals surface area (Å²) in [6.45, 7) is 2.49. The van der Waals surface area contributed by atoms with Crippen LogP contribution in [0.25, 0.3) is 20.7 Å². The van der Waals surface area contributed by atoms with E-state index in [0.29, 0.717) is 11.4 Å². The fourth-order valence-electron chi connectivity index (χ4n) is 2.89. The zero-order chi connectivity index (χ0) is 19.7. The fraction of sp³-hybridized carbons (Fsp3) is 0.211. The van der Waals surface area contributed by atoms with Gasteiger partial charge in [-0.3, -0.25) is 9.48 Å². The second-order valence-electron chi connectivity index (χ2n) is 6.28. The molecule has 1 amide bonds. The van der Waals surface area contributed by atoms with Gasteiger partial charge in [0, 0.05) is 31.0 Å². The van der Waals surface area contributed by atoms with Gasteiger partial charge in [-0.15, -0.1) is 11.3 Å². The molecule has 0 aliphatic carbocycles. The third-order valence-electron chi connectivity index (χ3n) is 4.17. The number of hydrogen-bond donors (Lipinski definition) is 3. The minimum Gasteiger partial charge on any atom is -0.395 e. The van der Waals surface area contributed by atoms with Crippen LogP contribution >= 0.6 is 22.7 Å². The zero-order valence-electron chi connectivity index (χ0n) is 15.4. The molecule has 7 nitrogen and oxygen atoms in total. The molecule has 0 radical (unpaired) electrons. The van der Waals surface area contributed by atoms with E-state index in [4.69, 9.17) is 5.11 Å². The van der Waals surface area contributed by atoms with Crippen molar-refractivity contribution in [1.82, 2.24) is 14.8 Å². The lowest BCUT2D eigenvalue weighted by atomic mass is 10.1. The summed E-state index contributed by atoms with van der Waals surface area (Å²) in [4.78, 5) is 18.4. The smallest absolute Gasteiger partial charge is 0.265 e. The van der Waals surface area contributed by atoms with Crippen molar-refractivity contribution in [3.05, 3.63) is 47.1 Å². The van der Waals surface area contributed by atoms with Crippen LogP contribution in [0, 0.1) is 6.92 Å². The Labute approximate surface area is 169 Å². The van der Waals surface area contributed by atoms with Crippen LogP contribution in [-0.4, -0.2) is 38.9 Å². The molecule has 1 aromatic carbocycles. The highest BCUT2D eigenvalue weighted by Gasteiger charge is 2.14. The van der Waals surface area contributed by atoms with Crippen LogP contribution in [-0.2, 0) is 7.05 Å². The van der Waals surface area contributed by atoms with Gasteiger partial charge < -0.3 is 15.7 Å². The van der Waals surface area contributed by atoms with Crippen molar-refractivity contribution in [2.75, 3.05) is 23.8 Å². The molecule has 0 bridgehead atoms. The summed E-state index contributed by atoms with van der Waals surface area (Å²) in [5.41, 5.74) is 3.85. The van der Waals surface area contributed by atoms with Crippen molar-refractivity contribution in [1.29, 1.82) is 0 Å². The van der Waals surface area contributed by atoms with E-state index in [2.05, 4.69) is 20.7 Å². The number of nitrogens with zero attached hydrogens (tertiary/aromatic N) is 3. The van der Waals surface area contributed by atoms with E-state index in [-0.39, 0.29) is 12.5 Å². The molecule has 3 aromatic heterocycles. The SMILES string of the molecule is Cc1nn(C)cc1-c1ccc(NC(=O)c2cc3sc(NCCO)nc3s2)cc1. The molecule has 28 heavy (non-hydrogen) atoms. The first-order valence-electron chi connectivity index (χ1n) is 8.70. The van der Waals surface area contributed by atoms with Gasteiger partial charge in [-0.1, -0.05) is 23.5 Å². The number of thiazole rings is 1. The van der Waals surface area contributed by atoms with Crippen LogP contribution in [0.15, 0.2) is 36.5 Å². The van der Waals surface area contributed by atoms with E-state index in [1.165, 1.54) is 22.7 Å². The van der Waals surface area contributed by atoms with E-state index in [0.717, 1.165) is 37.2 Å². The van der Waals surface area contributed by atoms with Crippen LogP contribution in [0.5, 0.6) is 0 Å². The number of aryl methyl sites for hydroxylation is 2. The van der Waals surface area contributed by atoms with Crippen molar-refractivity contribution < 1.29 is 9.90 Å². The van der Waals surface area contributed by atoms with Crippen molar-refractivity contribution >= 4 is 48.9 Å². The Bertz CT molecular complexity index is 1100. The first kappa shape index (κ1) is 18.6. The summed E-state index contributed by atoms with van der Waals surface area (Å²) in [5, 5.41) is 20.0. The lowest BCUT2D eigenvalue weighted by molar-refractivity contribution is 0.103. The number of aromatic nitrogens is 3. The monoisotopic (exact) mass is 413 g/mol. The molecule has 0 saturated heterocycles. The van der Waals surface area contributed by atoms with Crippen LogP contribution in [0.2, 0.25) is 0 Å². The van der Waals surface area contributed by atoms with Crippen LogP contribution in [0.4, 0.5) is 10.8 Å². The number of aliphatic hydroxyl groups is 1. The summed E-state index contributed by atoms with van der Waals surface area (Å²) >= 11 is 2.83. The Morgan fingerprint density at radius 1 is 1.25 bits per heavy atom. The summed E-state index contributed by atoms with van der Waals surface area (Å²) in [5.74, 6) is -0.148. The Morgan fingerprint density at radius 2 is 2.04 bits per heavy atom. The van der Waals surface area contributed by atoms with Gasteiger partial charge in [0.05, 0.1) is 21.9 Å². The first-order valence-corrected chi connectivity index (χ1v) is 10.3.